The second kappa shape index (κ2) is 11.9. The molecule has 0 aliphatic heterocycles. The Morgan fingerprint density at radius 2 is 1.64 bits per heavy atom. The first kappa shape index (κ1) is 15.4. The number of rotatable bonds is 4. The van der Waals surface area contributed by atoms with Crippen molar-refractivity contribution in [1.29, 1.82) is 10.5 Å². The zero-order valence-electron chi connectivity index (χ0n) is 9.03. The number of ether oxygens (including phenoxy) is 1. The summed E-state index contributed by atoms with van der Waals surface area (Å²) in [6, 6.07) is 3.71. The number of unbranched alkanes of at least 4 members (excludes halogenated alkanes) is 1. The molecule has 0 bridgehead atoms. The van der Waals surface area contributed by atoms with Gasteiger partial charge in [0.1, 0.15) is 12.2 Å². The minimum absolute atomic E-state index is 0.344. The molecular weight excluding hydrogens is 180 g/mol. The predicted octanol–water partition coefficient (Wildman–Crippen LogP) is 1.61. The fraction of sp³-hybridized carbons (Fsp3) is 0.800. The molecule has 0 aliphatic carbocycles. The first-order chi connectivity index (χ1) is 6.62. The van der Waals surface area contributed by atoms with E-state index in [0.29, 0.717) is 6.61 Å². The molecule has 4 heteroatoms. The van der Waals surface area contributed by atoms with Crippen molar-refractivity contribution in [3.8, 4) is 12.1 Å². The van der Waals surface area contributed by atoms with Gasteiger partial charge in [-0.15, -0.1) is 0 Å². The van der Waals surface area contributed by atoms with Gasteiger partial charge in [-0.05, 0) is 20.3 Å². The smallest absolute Gasteiger partial charge is 0.142 e. The van der Waals surface area contributed by atoms with Gasteiger partial charge in [-0.1, -0.05) is 13.3 Å². The summed E-state index contributed by atoms with van der Waals surface area (Å²) < 4.78 is 4.83. The minimum Gasteiger partial charge on any atom is -0.396 e. The van der Waals surface area contributed by atoms with Crippen molar-refractivity contribution in [1.82, 2.24) is 0 Å². The zero-order valence-corrected chi connectivity index (χ0v) is 9.03. The van der Waals surface area contributed by atoms with Gasteiger partial charge in [-0.25, -0.2) is 0 Å². The van der Waals surface area contributed by atoms with Crippen LogP contribution >= 0.6 is 0 Å². The molecule has 2 unspecified atom stereocenters. The van der Waals surface area contributed by atoms with E-state index in [9.17, 15) is 0 Å². The Labute approximate surface area is 85.7 Å². The zero-order chi connectivity index (χ0) is 11.4. The molecule has 0 saturated heterocycles. The average Bonchev–Trinajstić information content (AvgIpc) is 2.19. The van der Waals surface area contributed by atoms with E-state index in [-0.39, 0.29) is 0 Å². The molecule has 2 atom stereocenters. The normalized spacial score (nSPS) is 12.7. The molecule has 0 aromatic carbocycles. The monoisotopic (exact) mass is 198 g/mol. The van der Waals surface area contributed by atoms with E-state index in [1.165, 1.54) is 0 Å². The molecule has 14 heavy (non-hydrogen) atoms. The Hall–Kier alpha value is -1.10. The van der Waals surface area contributed by atoms with Gasteiger partial charge in [-0.3, -0.25) is 0 Å². The van der Waals surface area contributed by atoms with Gasteiger partial charge in [0.15, 0.2) is 0 Å². The second-order valence-electron chi connectivity index (χ2n) is 2.76. The van der Waals surface area contributed by atoms with Gasteiger partial charge < -0.3 is 9.84 Å². The largest absolute Gasteiger partial charge is 0.396 e. The quantitative estimate of drug-likeness (QED) is 0.744. The predicted molar refractivity (Wildman–Crippen MR) is 53.2 cm³/mol. The van der Waals surface area contributed by atoms with Crippen LogP contribution in [0, 0.1) is 22.7 Å². The molecule has 0 rings (SSSR count). The molecule has 0 aliphatic rings. The molecule has 4 nitrogen and oxygen atoms in total. The standard InChI is InChI=1S/C6H8N2O.C4H10O/c1-5(3-7)9-6(2)4-8;1-2-3-4-5/h5-6H,1-2H3;5H,2-4H2,1H3. The van der Waals surface area contributed by atoms with Crippen LogP contribution in [0.5, 0.6) is 0 Å². The first-order valence-corrected chi connectivity index (χ1v) is 4.67. The molecular formula is C10H18N2O2. The van der Waals surface area contributed by atoms with E-state index in [1.54, 1.807) is 13.8 Å². The second-order valence-corrected chi connectivity index (χ2v) is 2.76. The number of aliphatic hydroxyl groups excluding tert-OH is 1. The van der Waals surface area contributed by atoms with Crippen molar-refractivity contribution in [2.24, 2.45) is 0 Å². The molecule has 1 N–H and O–H groups in total. The number of nitrogens with zero attached hydrogens (tertiary/aromatic N) is 2. The van der Waals surface area contributed by atoms with Crippen LogP contribution in [0.4, 0.5) is 0 Å². The Morgan fingerprint density at radius 1 is 1.21 bits per heavy atom. The van der Waals surface area contributed by atoms with E-state index in [1.807, 2.05) is 12.1 Å². The lowest BCUT2D eigenvalue weighted by Gasteiger charge is -2.04. The lowest BCUT2D eigenvalue weighted by atomic mass is 10.4. The third-order valence-corrected chi connectivity index (χ3v) is 1.28. The van der Waals surface area contributed by atoms with E-state index in [0.717, 1.165) is 12.8 Å². The highest BCUT2D eigenvalue weighted by Crippen LogP contribution is 1.93. The molecule has 0 aromatic heterocycles. The van der Waals surface area contributed by atoms with Crippen molar-refractivity contribution in [2.45, 2.75) is 45.8 Å². The Bertz CT molecular complexity index is 173. The van der Waals surface area contributed by atoms with Crippen LogP contribution in [-0.2, 0) is 4.74 Å². The van der Waals surface area contributed by atoms with Crippen LogP contribution in [0.3, 0.4) is 0 Å². The number of hydrogen-bond donors (Lipinski definition) is 1. The van der Waals surface area contributed by atoms with E-state index in [4.69, 9.17) is 20.4 Å². The van der Waals surface area contributed by atoms with Crippen LogP contribution in [0.2, 0.25) is 0 Å². The van der Waals surface area contributed by atoms with Gasteiger partial charge in [0.05, 0.1) is 12.1 Å². The highest BCUT2D eigenvalue weighted by Gasteiger charge is 2.03. The summed E-state index contributed by atoms with van der Waals surface area (Å²) in [6.07, 6.45) is 1.07. The Morgan fingerprint density at radius 3 is 1.79 bits per heavy atom. The van der Waals surface area contributed by atoms with Crippen LogP contribution in [0.1, 0.15) is 33.6 Å². The maximum Gasteiger partial charge on any atom is 0.142 e. The van der Waals surface area contributed by atoms with Crippen molar-refractivity contribution >= 4 is 0 Å². The topological polar surface area (TPSA) is 77.0 Å². The highest BCUT2D eigenvalue weighted by atomic mass is 16.5. The van der Waals surface area contributed by atoms with Crippen molar-refractivity contribution in [3.05, 3.63) is 0 Å². The van der Waals surface area contributed by atoms with Crippen molar-refractivity contribution < 1.29 is 9.84 Å². The maximum atomic E-state index is 8.19. The van der Waals surface area contributed by atoms with E-state index >= 15 is 0 Å². The lowest BCUT2D eigenvalue weighted by Crippen LogP contribution is -2.12. The van der Waals surface area contributed by atoms with Crippen molar-refractivity contribution in [2.75, 3.05) is 6.61 Å². The van der Waals surface area contributed by atoms with Crippen LogP contribution in [0.15, 0.2) is 0 Å². The van der Waals surface area contributed by atoms with E-state index < -0.39 is 12.2 Å². The third-order valence-electron chi connectivity index (χ3n) is 1.28. The highest BCUT2D eigenvalue weighted by molar-refractivity contribution is 4.86. The fourth-order valence-electron chi connectivity index (χ4n) is 0.525. The molecule has 0 spiro atoms. The minimum atomic E-state index is -0.486. The average molecular weight is 198 g/mol. The van der Waals surface area contributed by atoms with Gasteiger partial charge in [-0.2, -0.15) is 10.5 Å². The van der Waals surface area contributed by atoms with Crippen molar-refractivity contribution in [3.63, 3.8) is 0 Å². The molecule has 0 radical (unpaired) electrons. The van der Waals surface area contributed by atoms with Gasteiger partial charge in [0.25, 0.3) is 0 Å². The van der Waals surface area contributed by atoms with Gasteiger partial charge >= 0.3 is 0 Å². The molecule has 80 valence electrons. The molecule has 0 amide bonds. The molecule has 0 aromatic rings. The summed E-state index contributed by atoms with van der Waals surface area (Å²) in [5.41, 5.74) is 0. The summed E-state index contributed by atoms with van der Waals surface area (Å²) in [5.74, 6) is 0. The summed E-state index contributed by atoms with van der Waals surface area (Å²) in [6.45, 7) is 5.61. The fourth-order valence-corrected chi connectivity index (χ4v) is 0.525. The molecule has 0 heterocycles. The lowest BCUT2D eigenvalue weighted by molar-refractivity contribution is 0.0718. The first-order valence-electron chi connectivity index (χ1n) is 4.67. The Balaban J connectivity index is 0. The van der Waals surface area contributed by atoms with Crippen LogP contribution < -0.4 is 0 Å². The number of nitriles is 2. The summed E-state index contributed by atoms with van der Waals surface area (Å²) in [4.78, 5) is 0. The number of hydrogen-bond acceptors (Lipinski definition) is 4. The maximum absolute atomic E-state index is 8.19. The van der Waals surface area contributed by atoms with E-state index in [2.05, 4.69) is 6.92 Å². The Kier molecular flexibility index (Phi) is 13.1. The molecule has 0 fully saturated rings. The van der Waals surface area contributed by atoms with Gasteiger partial charge in [0.2, 0.25) is 0 Å². The summed E-state index contributed by atoms with van der Waals surface area (Å²) >= 11 is 0. The number of aliphatic hydroxyl groups is 1. The summed E-state index contributed by atoms with van der Waals surface area (Å²) in [5, 5.41) is 24.5. The van der Waals surface area contributed by atoms with Crippen LogP contribution in [0.25, 0.3) is 0 Å². The third kappa shape index (κ3) is 13.5. The van der Waals surface area contributed by atoms with Gasteiger partial charge in [0, 0.05) is 6.61 Å². The SMILES string of the molecule is CC(C#N)OC(C)C#N.CCCCO. The molecule has 0 saturated carbocycles. The summed E-state index contributed by atoms with van der Waals surface area (Å²) in [7, 11) is 0. The van der Waals surface area contributed by atoms with Crippen LogP contribution in [-0.4, -0.2) is 23.9 Å².